The zero-order valence-corrected chi connectivity index (χ0v) is 42.9. The van der Waals surface area contributed by atoms with Gasteiger partial charge in [0, 0.05) is 68.2 Å². The minimum atomic E-state index is -5.08. The molecule has 4 aromatic carbocycles. The van der Waals surface area contributed by atoms with E-state index in [1.165, 1.54) is 0 Å². The van der Waals surface area contributed by atoms with Crippen LogP contribution in [0.3, 0.4) is 0 Å². The molecule has 21 heteroatoms. The van der Waals surface area contributed by atoms with E-state index in [9.17, 15) is 37.1 Å². The average Bonchev–Trinajstić information content (AvgIpc) is 3.86. The molecular weight excluding hydrogens is 1010 g/mol. The van der Waals surface area contributed by atoms with Crippen LogP contribution < -0.4 is 10.9 Å². The smallest absolute Gasteiger partial charge is 0.475 e. The molecule has 76 heavy (non-hydrogen) atoms. The Labute approximate surface area is 441 Å². The third-order valence-corrected chi connectivity index (χ3v) is 14.5. The molecule has 3 aliphatic heterocycles. The second-order valence-corrected chi connectivity index (χ2v) is 19.7. The van der Waals surface area contributed by atoms with Gasteiger partial charge < -0.3 is 39.6 Å². The largest absolute Gasteiger partial charge is 0.490 e. The lowest BCUT2D eigenvalue weighted by molar-refractivity contribution is -0.192. The van der Waals surface area contributed by atoms with Crippen LogP contribution in [0.5, 0.6) is 0 Å². The highest BCUT2D eigenvalue weighted by Gasteiger charge is 2.38. The molecule has 0 spiro atoms. The summed E-state index contributed by atoms with van der Waals surface area (Å²) in [5.41, 5.74) is 6.81. The summed E-state index contributed by atoms with van der Waals surface area (Å²) in [5, 5.41) is 16.7. The van der Waals surface area contributed by atoms with Gasteiger partial charge in [-0.2, -0.15) is 18.3 Å². The van der Waals surface area contributed by atoms with Crippen molar-refractivity contribution in [3.05, 3.63) is 146 Å². The van der Waals surface area contributed by atoms with Crippen molar-refractivity contribution in [2.75, 3.05) is 65.5 Å². The minimum Gasteiger partial charge on any atom is -0.475 e. The molecule has 0 saturated carbocycles. The number of ether oxygens (including phenoxy) is 2. The van der Waals surface area contributed by atoms with E-state index in [0.717, 1.165) is 88.6 Å². The number of amides is 3. The number of likely N-dealkylation sites (tertiary alicyclic amines) is 2. The number of aromatic amines is 1. The number of alkyl halides is 4. The quantitative estimate of drug-likeness (QED) is 0.0771. The Morgan fingerprint density at radius 2 is 1.38 bits per heavy atom. The van der Waals surface area contributed by atoms with Crippen LogP contribution in [-0.2, 0) is 38.6 Å². The molecule has 0 radical (unpaired) electrons. The number of aliphatic carboxylic acids is 1. The third kappa shape index (κ3) is 13.8. The summed E-state index contributed by atoms with van der Waals surface area (Å²) in [4.78, 5) is 87.3. The molecule has 9 rings (SSSR count). The molecule has 3 fully saturated rings. The van der Waals surface area contributed by atoms with Crippen molar-refractivity contribution in [3.63, 3.8) is 0 Å². The molecule has 0 aliphatic carbocycles. The minimum absolute atomic E-state index is 0.0196. The van der Waals surface area contributed by atoms with Gasteiger partial charge in [-0.3, -0.25) is 14.5 Å². The molecule has 1 unspecified atom stereocenters. The van der Waals surface area contributed by atoms with Crippen LogP contribution in [0.15, 0.2) is 102 Å². The Morgan fingerprint density at radius 1 is 0.776 bits per heavy atom. The Kier molecular flexibility index (Phi) is 17.8. The van der Waals surface area contributed by atoms with E-state index < -0.39 is 30.1 Å². The fraction of sp³-hybridized carbons (Fsp3) is 0.400. The molecule has 17 nitrogen and oxygen atoms in total. The first kappa shape index (κ1) is 55.0. The van der Waals surface area contributed by atoms with Crippen LogP contribution in [0.25, 0.3) is 21.8 Å². The van der Waals surface area contributed by atoms with E-state index in [1.807, 2.05) is 78.6 Å². The molecule has 6 aromatic rings. The molecule has 2 aromatic heterocycles. The number of carboxylic acid groups (broad SMARTS) is 1. The van der Waals surface area contributed by atoms with E-state index in [4.69, 9.17) is 31.0 Å². The van der Waals surface area contributed by atoms with Gasteiger partial charge in [-0.15, -0.1) is 0 Å². The lowest BCUT2D eigenvalue weighted by atomic mass is 9.89. The van der Waals surface area contributed by atoms with Gasteiger partial charge in [0.05, 0.1) is 22.8 Å². The summed E-state index contributed by atoms with van der Waals surface area (Å²) in [7, 11) is 2.17. The van der Waals surface area contributed by atoms with Gasteiger partial charge in [-0.25, -0.2) is 23.9 Å². The van der Waals surface area contributed by atoms with Crippen molar-refractivity contribution in [1.29, 1.82) is 0 Å². The summed E-state index contributed by atoms with van der Waals surface area (Å²) in [6, 6.07) is 27.2. The Balaban J connectivity index is 0.00000102. The van der Waals surface area contributed by atoms with Gasteiger partial charge >= 0.3 is 30.1 Å². The number of benzene rings is 4. The van der Waals surface area contributed by atoms with Gasteiger partial charge in [0.2, 0.25) is 5.91 Å². The summed E-state index contributed by atoms with van der Waals surface area (Å²) >= 11 is 5.51. The highest BCUT2D eigenvalue weighted by Crippen LogP contribution is 2.29. The number of urea groups is 1. The number of para-hydroxylation sites is 1. The first-order valence-electron chi connectivity index (χ1n) is 25.2. The Bertz CT molecular complexity index is 3090. The lowest BCUT2D eigenvalue weighted by Crippen LogP contribution is -2.59. The normalized spacial score (nSPS) is 16.4. The number of carbonyl (C=O) groups is 5. The van der Waals surface area contributed by atoms with Crippen molar-refractivity contribution in [2.24, 2.45) is 0 Å². The third-order valence-electron chi connectivity index (χ3n) is 14.4. The Morgan fingerprint density at radius 3 is 1.99 bits per heavy atom. The number of piperidine rings is 2. The molecule has 3 amide bonds. The predicted molar refractivity (Wildman–Crippen MR) is 278 cm³/mol. The number of halogens is 4. The number of aromatic nitrogens is 3. The number of carboxylic acids is 1. The van der Waals surface area contributed by atoms with E-state index in [-0.39, 0.29) is 42.6 Å². The molecule has 3 N–H and O–H groups in total. The number of hydrogen-bond acceptors (Lipinski definition) is 11. The summed E-state index contributed by atoms with van der Waals surface area (Å²) in [6.45, 7) is 7.75. The zero-order valence-electron chi connectivity index (χ0n) is 42.2. The highest BCUT2D eigenvalue weighted by atomic mass is 35.5. The van der Waals surface area contributed by atoms with Crippen LogP contribution in [0.2, 0.25) is 0 Å². The molecule has 3 saturated heterocycles. The molecule has 5 heterocycles. The van der Waals surface area contributed by atoms with Gasteiger partial charge in [0.25, 0.3) is 5.56 Å². The number of pyridine rings is 1. The van der Waals surface area contributed by atoms with Crippen molar-refractivity contribution in [2.45, 2.75) is 76.4 Å². The van der Waals surface area contributed by atoms with Crippen LogP contribution >= 0.6 is 11.6 Å². The molecule has 402 valence electrons. The van der Waals surface area contributed by atoms with Gasteiger partial charge in [-0.1, -0.05) is 60.1 Å². The SMILES string of the molecule is Cc1cc(CC(NC(=O)N2CCC(c3cc4ccccc4[nH]c3=O)CC2)C(=O)N2CCN(C3CCN(C)CC3)CC2)cc2cnn(COC(=O)c3ccc(Cc4ccc(C(=O)OCCl)cc4)cc3)c12.O=C(O)C(F)(F)F. The maximum absolute atomic E-state index is 14.5. The van der Waals surface area contributed by atoms with Crippen LogP contribution in [0.4, 0.5) is 18.0 Å². The van der Waals surface area contributed by atoms with Gasteiger partial charge in [0.15, 0.2) is 12.8 Å². The summed E-state index contributed by atoms with van der Waals surface area (Å²) in [5.74, 6) is -3.80. The van der Waals surface area contributed by atoms with Crippen LogP contribution in [-0.4, -0.2) is 153 Å². The van der Waals surface area contributed by atoms with E-state index in [2.05, 4.69) is 32.2 Å². The van der Waals surface area contributed by atoms with Crippen molar-refractivity contribution < 1.29 is 51.7 Å². The first-order valence-corrected chi connectivity index (χ1v) is 25.7. The topological polar surface area (TPSA) is 200 Å². The average molecular weight is 1070 g/mol. The number of aryl methyl sites for hydroxylation is 1. The lowest BCUT2D eigenvalue weighted by Gasteiger charge is -2.43. The molecular formula is C55H60ClF3N8O9. The monoisotopic (exact) mass is 1070 g/mol. The standard InChI is InChI=1S/C53H59ClN8O7.C2HF3O2/c1-35-27-38(29-43-32-55-62(48(35)43)34-69-52(66)41-13-9-37(10-14-41)28-36-7-11-40(12-8-36)51(65)68-33-54)30-47(50(64)60-25-23-59(24-26-60)44-17-19-58(2)20-18-44)57-53(67)61-21-15-39(16-22-61)45-31-42-5-3-4-6-46(42)56-49(45)63;3-2(4,5)1(6)7/h3-14,27,29,31-32,39,44,47H,15-26,28,30,33-34H2,1-2H3,(H,56,63)(H,57,67);(H,6,7). The fourth-order valence-electron chi connectivity index (χ4n) is 10.3. The summed E-state index contributed by atoms with van der Waals surface area (Å²) in [6.07, 6.45) is 1.06. The van der Waals surface area contributed by atoms with E-state index >= 15 is 0 Å². The first-order chi connectivity index (χ1) is 36.4. The van der Waals surface area contributed by atoms with Gasteiger partial charge in [-0.05, 0) is 135 Å². The highest BCUT2D eigenvalue weighted by molar-refractivity contribution is 6.17. The number of hydrogen-bond donors (Lipinski definition) is 3. The number of carbonyl (C=O) groups excluding carboxylic acids is 4. The summed E-state index contributed by atoms with van der Waals surface area (Å²) < 4.78 is 44.0. The second kappa shape index (κ2) is 24.6. The molecule has 3 aliphatic rings. The zero-order chi connectivity index (χ0) is 54.1. The number of rotatable bonds is 13. The van der Waals surface area contributed by atoms with Crippen molar-refractivity contribution in [3.8, 4) is 0 Å². The number of nitrogens with zero attached hydrogens (tertiary/aromatic N) is 6. The number of piperazine rings is 1. The van der Waals surface area contributed by atoms with E-state index in [0.29, 0.717) is 62.6 Å². The predicted octanol–water partition coefficient (Wildman–Crippen LogP) is 7.32. The maximum atomic E-state index is 14.5. The van der Waals surface area contributed by atoms with Crippen LogP contribution in [0.1, 0.15) is 80.1 Å². The molecule has 1 atom stereocenters. The van der Waals surface area contributed by atoms with Crippen molar-refractivity contribution in [1.82, 2.24) is 39.7 Å². The molecule has 0 bridgehead atoms. The number of nitrogens with one attached hydrogen (secondary N) is 2. The second-order valence-electron chi connectivity index (χ2n) is 19.5. The van der Waals surface area contributed by atoms with Gasteiger partial charge in [0.1, 0.15) is 6.04 Å². The fourth-order valence-corrected chi connectivity index (χ4v) is 10.4. The number of H-pyrrole nitrogens is 1. The number of esters is 2. The Hall–Kier alpha value is -7.29. The van der Waals surface area contributed by atoms with Crippen LogP contribution in [0, 0.1) is 6.92 Å². The van der Waals surface area contributed by atoms with Crippen molar-refractivity contribution >= 4 is 63.3 Å². The maximum Gasteiger partial charge on any atom is 0.490 e. The van der Waals surface area contributed by atoms with E-state index in [1.54, 1.807) is 40.0 Å². The number of fused-ring (bicyclic) bond motifs is 2.